The normalized spacial score (nSPS) is 10.9. The molecule has 0 radical (unpaired) electrons. The maximum atomic E-state index is 13.5. The van der Waals surface area contributed by atoms with Crippen molar-refractivity contribution in [2.24, 2.45) is 0 Å². The molecule has 0 atom stereocenters. The SMILES string of the molecule is CCN(CC)CCN(C(=O)c1ccccc1C)c1nc2c(OC)ccc(Cl)c2s1.Cl. The number of anilines is 1. The minimum absolute atomic E-state index is 0. The molecule has 0 unspecified atom stereocenters. The minimum atomic E-state index is -0.0515. The van der Waals surface area contributed by atoms with Gasteiger partial charge in [0.15, 0.2) is 5.13 Å². The number of likely N-dealkylation sites (N-methyl/N-ethyl adjacent to an activating group) is 1. The molecule has 2 aromatic carbocycles. The zero-order chi connectivity index (χ0) is 21.0. The molecule has 3 aromatic rings. The van der Waals surface area contributed by atoms with E-state index in [9.17, 15) is 4.79 Å². The largest absolute Gasteiger partial charge is 0.494 e. The van der Waals surface area contributed by atoms with Crippen molar-refractivity contribution in [1.29, 1.82) is 0 Å². The van der Waals surface area contributed by atoms with Crippen LogP contribution in [0.3, 0.4) is 0 Å². The van der Waals surface area contributed by atoms with Crippen molar-refractivity contribution in [1.82, 2.24) is 9.88 Å². The van der Waals surface area contributed by atoms with Crippen LogP contribution in [0.1, 0.15) is 29.8 Å². The molecule has 0 bridgehead atoms. The van der Waals surface area contributed by atoms with Crippen LogP contribution in [0.2, 0.25) is 5.02 Å². The van der Waals surface area contributed by atoms with Crippen LogP contribution in [0.4, 0.5) is 5.13 Å². The van der Waals surface area contributed by atoms with Crippen LogP contribution in [0.5, 0.6) is 5.75 Å². The molecule has 8 heteroatoms. The van der Waals surface area contributed by atoms with E-state index in [2.05, 4.69) is 18.7 Å². The second-order valence-corrected chi connectivity index (χ2v) is 8.11. The second-order valence-electron chi connectivity index (χ2n) is 6.72. The average Bonchev–Trinajstić information content (AvgIpc) is 3.17. The van der Waals surface area contributed by atoms with Crippen molar-refractivity contribution in [3.8, 4) is 5.75 Å². The van der Waals surface area contributed by atoms with Gasteiger partial charge in [0, 0.05) is 18.7 Å². The van der Waals surface area contributed by atoms with Crippen LogP contribution < -0.4 is 9.64 Å². The number of halogens is 2. The number of hydrogen-bond donors (Lipinski definition) is 0. The quantitative estimate of drug-likeness (QED) is 0.427. The van der Waals surface area contributed by atoms with Gasteiger partial charge in [0.1, 0.15) is 11.3 Å². The fourth-order valence-corrected chi connectivity index (χ4v) is 4.53. The van der Waals surface area contributed by atoms with Crippen molar-refractivity contribution in [2.75, 3.05) is 38.2 Å². The summed E-state index contributed by atoms with van der Waals surface area (Å²) >= 11 is 7.82. The number of benzene rings is 2. The fraction of sp³-hybridized carbons (Fsp3) is 0.364. The number of fused-ring (bicyclic) bond motifs is 1. The number of nitrogens with zero attached hydrogens (tertiary/aromatic N) is 3. The van der Waals surface area contributed by atoms with E-state index < -0.39 is 0 Å². The summed E-state index contributed by atoms with van der Waals surface area (Å²) < 4.78 is 6.27. The third kappa shape index (κ3) is 5.06. The van der Waals surface area contributed by atoms with Gasteiger partial charge < -0.3 is 9.64 Å². The van der Waals surface area contributed by atoms with E-state index in [0.717, 1.165) is 29.9 Å². The summed E-state index contributed by atoms with van der Waals surface area (Å²) in [6.07, 6.45) is 0. The van der Waals surface area contributed by atoms with Crippen molar-refractivity contribution in [3.05, 3.63) is 52.5 Å². The molecule has 162 valence electrons. The van der Waals surface area contributed by atoms with Crippen molar-refractivity contribution in [2.45, 2.75) is 20.8 Å². The molecule has 0 aliphatic carbocycles. The van der Waals surface area contributed by atoms with E-state index in [0.29, 0.717) is 33.5 Å². The second kappa shape index (κ2) is 11.0. The highest BCUT2D eigenvalue weighted by molar-refractivity contribution is 7.23. The number of hydrogen-bond acceptors (Lipinski definition) is 5. The van der Waals surface area contributed by atoms with Gasteiger partial charge in [-0.05, 0) is 43.8 Å². The Morgan fingerprint density at radius 3 is 2.47 bits per heavy atom. The summed E-state index contributed by atoms with van der Waals surface area (Å²) in [7, 11) is 1.61. The van der Waals surface area contributed by atoms with Gasteiger partial charge in [-0.1, -0.05) is 55.0 Å². The van der Waals surface area contributed by atoms with Gasteiger partial charge >= 0.3 is 0 Å². The van der Waals surface area contributed by atoms with Crippen LogP contribution in [0.25, 0.3) is 10.2 Å². The number of rotatable bonds is 8. The lowest BCUT2D eigenvalue weighted by Crippen LogP contribution is -2.39. The molecule has 1 aromatic heterocycles. The molecule has 0 N–H and O–H groups in total. The molecule has 0 saturated heterocycles. The highest BCUT2D eigenvalue weighted by Gasteiger charge is 2.24. The first-order chi connectivity index (χ1) is 14.0. The molecule has 1 heterocycles. The number of ether oxygens (including phenoxy) is 1. The zero-order valence-electron chi connectivity index (χ0n) is 17.6. The summed E-state index contributed by atoms with van der Waals surface area (Å²) in [4.78, 5) is 22.3. The summed E-state index contributed by atoms with van der Waals surface area (Å²) in [6.45, 7) is 9.39. The summed E-state index contributed by atoms with van der Waals surface area (Å²) in [5.41, 5.74) is 2.32. The number of amides is 1. The number of thiazole rings is 1. The molecule has 0 spiro atoms. The summed E-state index contributed by atoms with van der Waals surface area (Å²) in [5.74, 6) is 0.600. The summed E-state index contributed by atoms with van der Waals surface area (Å²) in [5, 5.41) is 1.24. The molecule has 0 aliphatic rings. The predicted octanol–water partition coefficient (Wildman–Crippen LogP) is 5.68. The molecule has 0 fully saturated rings. The van der Waals surface area contributed by atoms with Gasteiger partial charge in [-0.2, -0.15) is 0 Å². The first-order valence-corrected chi connectivity index (χ1v) is 10.9. The van der Waals surface area contributed by atoms with E-state index in [1.807, 2.05) is 31.2 Å². The zero-order valence-corrected chi connectivity index (χ0v) is 20.0. The van der Waals surface area contributed by atoms with Crippen molar-refractivity contribution >= 4 is 56.6 Å². The van der Waals surface area contributed by atoms with Crippen LogP contribution in [-0.2, 0) is 0 Å². The van der Waals surface area contributed by atoms with Gasteiger partial charge in [0.2, 0.25) is 0 Å². The summed E-state index contributed by atoms with van der Waals surface area (Å²) in [6, 6.07) is 11.2. The molecule has 5 nitrogen and oxygen atoms in total. The fourth-order valence-electron chi connectivity index (χ4n) is 3.24. The first kappa shape index (κ1) is 24.4. The molecular weight excluding hydrogens is 441 g/mol. The third-order valence-corrected chi connectivity index (χ3v) is 6.59. The van der Waals surface area contributed by atoms with E-state index >= 15 is 0 Å². The number of methoxy groups -OCH3 is 1. The topological polar surface area (TPSA) is 45.7 Å². The molecule has 3 rings (SSSR count). The van der Waals surface area contributed by atoms with Crippen molar-refractivity contribution < 1.29 is 9.53 Å². The Bertz CT molecular complexity index is 1010. The number of aromatic nitrogens is 1. The van der Waals surface area contributed by atoms with Gasteiger partial charge in [-0.25, -0.2) is 4.98 Å². The maximum Gasteiger partial charge on any atom is 0.260 e. The number of carbonyl (C=O) groups excluding carboxylic acids is 1. The Kier molecular flexibility index (Phi) is 8.92. The Morgan fingerprint density at radius 2 is 1.83 bits per heavy atom. The monoisotopic (exact) mass is 467 g/mol. The van der Waals surface area contributed by atoms with Crippen LogP contribution in [0, 0.1) is 6.92 Å². The highest BCUT2D eigenvalue weighted by Crippen LogP contribution is 2.39. The van der Waals surface area contributed by atoms with Crippen LogP contribution >= 0.6 is 35.3 Å². The van der Waals surface area contributed by atoms with E-state index in [1.54, 1.807) is 24.1 Å². The predicted molar refractivity (Wildman–Crippen MR) is 129 cm³/mol. The standard InChI is InChI=1S/C22H26ClN3O2S.ClH/c1-5-25(6-2)13-14-26(21(27)16-10-8-7-9-15(16)3)22-24-19-18(28-4)12-11-17(23)20(19)29-22;/h7-12H,5-6,13-14H2,1-4H3;1H. The first-order valence-electron chi connectivity index (χ1n) is 9.73. The lowest BCUT2D eigenvalue weighted by molar-refractivity contribution is 0.0983. The van der Waals surface area contributed by atoms with Gasteiger partial charge in [-0.15, -0.1) is 12.4 Å². The van der Waals surface area contributed by atoms with Gasteiger partial charge in [0.05, 0.1) is 16.8 Å². The van der Waals surface area contributed by atoms with Crippen LogP contribution in [-0.4, -0.2) is 49.1 Å². The van der Waals surface area contributed by atoms with Gasteiger partial charge in [0.25, 0.3) is 5.91 Å². The van der Waals surface area contributed by atoms with E-state index in [-0.39, 0.29) is 18.3 Å². The average molecular weight is 468 g/mol. The molecule has 1 amide bonds. The van der Waals surface area contributed by atoms with Gasteiger partial charge in [-0.3, -0.25) is 9.69 Å². The molecule has 0 aliphatic heterocycles. The van der Waals surface area contributed by atoms with Crippen LogP contribution in [0.15, 0.2) is 36.4 Å². The Balaban J connectivity index is 0.00000320. The number of aryl methyl sites for hydroxylation is 1. The molecular formula is C22H27Cl2N3O2S. The minimum Gasteiger partial charge on any atom is -0.494 e. The Hall–Kier alpha value is -1.86. The van der Waals surface area contributed by atoms with Crippen molar-refractivity contribution in [3.63, 3.8) is 0 Å². The number of carbonyl (C=O) groups is 1. The highest BCUT2D eigenvalue weighted by atomic mass is 35.5. The van der Waals surface area contributed by atoms with E-state index in [4.69, 9.17) is 21.3 Å². The Morgan fingerprint density at radius 1 is 1.13 bits per heavy atom. The molecule has 30 heavy (non-hydrogen) atoms. The molecule has 0 saturated carbocycles. The lowest BCUT2D eigenvalue weighted by Gasteiger charge is -2.25. The Labute approximate surface area is 193 Å². The van der Waals surface area contributed by atoms with E-state index in [1.165, 1.54) is 11.3 Å². The third-order valence-electron chi connectivity index (χ3n) is 5.05. The lowest BCUT2D eigenvalue weighted by atomic mass is 10.1. The maximum absolute atomic E-state index is 13.5. The smallest absolute Gasteiger partial charge is 0.260 e.